The number of nitrogens with zero attached hydrogens (tertiary/aromatic N) is 1. The molecule has 4 N–H and O–H groups in total. The third kappa shape index (κ3) is 3.17. The van der Waals surface area contributed by atoms with E-state index in [1.165, 1.54) is 0 Å². The van der Waals surface area contributed by atoms with Crippen molar-refractivity contribution in [2.45, 2.75) is 37.8 Å². The van der Waals surface area contributed by atoms with Crippen molar-refractivity contribution in [3.63, 3.8) is 0 Å². The Balaban J connectivity index is 2.59. The molecule has 0 spiro atoms. The molecular formula is C11H23N3O2. The fraction of sp³-hybridized carbons (Fsp3) is 0.909. The van der Waals surface area contributed by atoms with E-state index in [1.807, 2.05) is 0 Å². The molecule has 0 aromatic carbocycles. The quantitative estimate of drug-likeness (QED) is 0.693. The molecule has 0 aromatic heterocycles. The Morgan fingerprint density at radius 1 is 1.62 bits per heavy atom. The summed E-state index contributed by atoms with van der Waals surface area (Å²) in [7, 11) is 1.72. The fourth-order valence-corrected chi connectivity index (χ4v) is 2.15. The maximum Gasteiger partial charge on any atom is 0.238 e. The highest BCUT2D eigenvalue weighted by atomic mass is 16.5. The third-order valence-electron chi connectivity index (χ3n) is 3.35. The average Bonchev–Trinajstić information content (AvgIpc) is 2.17. The molecule has 0 aromatic rings. The lowest BCUT2D eigenvalue weighted by molar-refractivity contribution is -0.124. The number of hydrogen-bond donors (Lipinski definition) is 2. The lowest BCUT2D eigenvalue weighted by atomic mass is 9.92. The van der Waals surface area contributed by atoms with Gasteiger partial charge < -0.3 is 16.2 Å². The van der Waals surface area contributed by atoms with E-state index in [1.54, 1.807) is 14.0 Å². The number of carbonyl (C=O) groups excluding carboxylic acids is 1. The van der Waals surface area contributed by atoms with Gasteiger partial charge in [-0.1, -0.05) is 0 Å². The van der Waals surface area contributed by atoms with Gasteiger partial charge >= 0.3 is 0 Å². The Bertz CT molecular complexity index is 268. The summed E-state index contributed by atoms with van der Waals surface area (Å²) in [6.45, 7) is 5.98. The Hall–Kier alpha value is -0.650. The lowest BCUT2D eigenvalue weighted by Gasteiger charge is -2.41. The monoisotopic (exact) mass is 229 g/mol. The minimum atomic E-state index is -0.966. The molecule has 1 amide bonds. The molecule has 0 radical (unpaired) electrons. The van der Waals surface area contributed by atoms with Crippen molar-refractivity contribution >= 4 is 5.91 Å². The van der Waals surface area contributed by atoms with Gasteiger partial charge in [0.15, 0.2) is 0 Å². The van der Waals surface area contributed by atoms with Gasteiger partial charge in [0.25, 0.3) is 0 Å². The molecule has 0 bridgehead atoms. The Morgan fingerprint density at radius 2 is 2.25 bits per heavy atom. The van der Waals surface area contributed by atoms with Gasteiger partial charge in [-0.2, -0.15) is 0 Å². The molecule has 5 nitrogen and oxygen atoms in total. The summed E-state index contributed by atoms with van der Waals surface area (Å²) in [4.78, 5) is 13.3. The van der Waals surface area contributed by atoms with E-state index in [2.05, 4.69) is 11.8 Å². The van der Waals surface area contributed by atoms with Crippen LogP contribution in [0.25, 0.3) is 0 Å². The van der Waals surface area contributed by atoms with Crippen LogP contribution in [0.5, 0.6) is 0 Å². The van der Waals surface area contributed by atoms with Gasteiger partial charge in [-0.25, -0.2) is 0 Å². The summed E-state index contributed by atoms with van der Waals surface area (Å²) in [6.07, 6.45) is 2.09. The minimum absolute atomic E-state index is 0.133. The number of rotatable bonds is 4. The highest BCUT2D eigenvalue weighted by Crippen LogP contribution is 2.24. The number of amides is 1. The van der Waals surface area contributed by atoms with Crippen LogP contribution in [0.2, 0.25) is 0 Å². The lowest BCUT2D eigenvalue weighted by Crippen LogP contribution is -2.59. The third-order valence-corrected chi connectivity index (χ3v) is 3.35. The number of nitrogens with two attached hydrogens (primary N) is 2. The largest absolute Gasteiger partial charge is 0.377 e. The van der Waals surface area contributed by atoms with Gasteiger partial charge in [0, 0.05) is 20.2 Å². The summed E-state index contributed by atoms with van der Waals surface area (Å²) in [5.41, 5.74) is 10.0. The molecular weight excluding hydrogens is 206 g/mol. The summed E-state index contributed by atoms with van der Waals surface area (Å²) in [5, 5.41) is 0. The van der Waals surface area contributed by atoms with Crippen LogP contribution in [-0.2, 0) is 9.53 Å². The van der Waals surface area contributed by atoms with Crippen molar-refractivity contribution in [1.29, 1.82) is 0 Å². The average molecular weight is 229 g/mol. The number of ether oxygens (including phenoxy) is 1. The van der Waals surface area contributed by atoms with E-state index >= 15 is 0 Å². The zero-order chi connectivity index (χ0) is 12.4. The van der Waals surface area contributed by atoms with E-state index in [0.29, 0.717) is 6.54 Å². The molecule has 1 aliphatic heterocycles. The SMILES string of the molecule is COC1(C)CCCN(CC(C)(N)C(N)=O)C1. The first-order valence-corrected chi connectivity index (χ1v) is 5.65. The van der Waals surface area contributed by atoms with Crippen LogP contribution in [0, 0.1) is 0 Å². The van der Waals surface area contributed by atoms with Crippen molar-refractivity contribution in [1.82, 2.24) is 4.90 Å². The van der Waals surface area contributed by atoms with Crippen molar-refractivity contribution in [2.24, 2.45) is 11.5 Å². The van der Waals surface area contributed by atoms with E-state index in [-0.39, 0.29) is 5.60 Å². The Labute approximate surface area is 97.1 Å². The Kier molecular flexibility index (Phi) is 3.93. The molecule has 1 rings (SSSR count). The second-order valence-corrected chi connectivity index (χ2v) is 5.25. The van der Waals surface area contributed by atoms with E-state index in [9.17, 15) is 4.79 Å². The summed E-state index contributed by atoms with van der Waals surface area (Å²) < 4.78 is 5.49. The molecule has 1 saturated heterocycles. The van der Waals surface area contributed by atoms with Gasteiger partial charge in [-0.05, 0) is 33.2 Å². The van der Waals surface area contributed by atoms with Crippen LogP contribution in [0.4, 0.5) is 0 Å². The molecule has 16 heavy (non-hydrogen) atoms. The van der Waals surface area contributed by atoms with E-state index in [4.69, 9.17) is 16.2 Å². The van der Waals surface area contributed by atoms with Crippen LogP contribution in [-0.4, -0.2) is 48.7 Å². The number of hydrogen-bond acceptors (Lipinski definition) is 4. The smallest absolute Gasteiger partial charge is 0.238 e. The second kappa shape index (κ2) is 4.69. The molecule has 2 atom stereocenters. The molecule has 5 heteroatoms. The van der Waals surface area contributed by atoms with Gasteiger partial charge in [0.05, 0.1) is 5.60 Å². The normalized spacial score (nSPS) is 31.0. The zero-order valence-corrected chi connectivity index (χ0v) is 10.5. The predicted molar refractivity (Wildman–Crippen MR) is 62.9 cm³/mol. The van der Waals surface area contributed by atoms with Gasteiger partial charge in [-0.3, -0.25) is 9.69 Å². The van der Waals surface area contributed by atoms with Crippen LogP contribution in [0.1, 0.15) is 26.7 Å². The fourth-order valence-electron chi connectivity index (χ4n) is 2.15. The number of carbonyl (C=O) groups is 1. The maximum absolute atomic E-state index is 11.2. The first-order chi connectivity index (χ1) is 7.29. The van der Waals surface area contributed by atoms with Crippen molar-refractivity contribution in [2.75, 3.05) is 26.7 Å². The zero-order valence-electron chi connectivity index (χ0n) is 10.5. The van der Waals surface area contributed by atoms with Gasteiger partial charge in [0.2, 0.25) is 5.91 Å². The van der Waals surface area contributed by atoms with E-state index in [0.717, 1.165) is 25.9 Å². The van der Waals surface area contributed by atoms with Crippen molar-refractivity contribution < 1.29 is 9.53 Å². The molecule has 2 unspecified atom stereocenters. The summed E-state index contributed by atoms with van der Waals surface area (Å²) in [6, 6.07) is 0. The number of methoxy groups -OCH3 is 1. The minimum Gasteiger partial charge on any atom is -0.377 e. The van der Waals surface area contributed by atoms with Crippen LogP contribution >= 0.6 is 0 Å². The number of likely N-dealkylation sites (tertiary alicyclic amines) is 1. The second-order valence-electron chi connectivity index (χ2n) is 5.25. The summed E-state index contributed by atoms with van der Waals surface area (Å²) in [5.74, 6) is -0.461. The molecule has 1 heterocycles. The topological polar surface area (TPSA) is 81.6 Å². The maximum atomic E-state index is 11.2. The first kappa shape index (κ1) is 13.4. The van der Waals surface area contributed by atoms with Crippen LogP contribution < -0.4 is 11.5 Å². The highest BCUT2D eigenvalue weighted by Gasteiger charge is 2.35. The van der Waals surface area contributed by atoms with Crippen LogP contribution in [0.3, 0.4) is 0 Å². The molecule has 94 valence electrons. The van der Waals surface area contributed by atoms with Crippen molar-refractivity contribution in [3.8, 4) is 0 Å². The molecule has 0 saturated carbocycles. The predicted octanol–water partition coefficient (Wildman–Crippen LogP) is -0.310. The first-order valence-electron chi connectivity index (χ1n) is 5.65. The summed E-state index contributed by atoms with van der Waals surface area (Å²) >= 11 is 0. The number of piperidine rings is 1. The molecule has 1 aliphatic rings. The molecule has 0 aliphatic carbocycles. The van der Waals surface area contributed by atoms with Gasteiger partial charge in [0.1, 0.15) is 5.54 Å². The Morgan fingerprint density at radius 3 is 2.75 bits per heavy atom. The van der Waals surface area contributed by atoms with Crippen molar-refractivity contribution in [3.05, 3.63) is 0 Å². The van der Waals surface area contributed by atoms with Gasteiger partial charge in [-0.15, -0.1) is 0 Å². The molecule has 1 fully saturated rings. The van der Waals surface area contributed by atoms with E-state index < -0.39 is 11.4 Å². The van der Waals surface area contributed by atoms with Crippen LogP contribution in [0.15, 0.2) is 0 Å². The standard InChI is InChI=1S/C11H23N3O2/c1-10(16-3)5-4-6-14(7-10)8-11(2,13)9(12)15/h4-8,13H2,1-3H3,(H2,12,15). The highest BCUT2D eigenvalue weighted by molar-refractivity contribution is 5.84. The number of primary amides is 1.